The number of aliphatic carboxylic acids is 1. The first-order valence-electron chi connectivity index (χ1n) is 12.7. The molecule has 2 atom stereocenters. The summed E-state index contributed by atoms with van der Waals surface area (Å²) in [6.07, 6.45) is 6.49. The Labute approximate surface area is 202 Å². The molecule has 2 aliphatic carbocycles. The van der Waals surface area contributed by atoms with E-state index in [-0.39, 0.29) is 5.41 Å². The lowest BCUT2D eigenvalue weighted by molar-refractivity contribution is -0.144. The second kappa shape index (κ2) is 9.52. The number of likely N-dealkylation sites (tertiary alicyclic amines) is 1. The highest BCUT2D eigenvalue weighted by molar-refractivity contribution is 5.78. The van der Waals surface area contributed by atoms with E-state index in [1.807, 2.05) is 0 Å². The highest BCUT2D eigenvalue weighted by atomic mass is 16.4. The van der Waals surface area contributed by atoms with Gasteiger partial charge < -0.3 is 15.3 Å². The molecule has 5 rings (SSSR count). The van der Waals surface area contributed by atoms with E-state index in [1.54, 1.807) is 0 Å². The lowest BCUT2D eigenvalue weighted by atomic mass is 9.73. The standard InChI is InChI=1S/C29H35N3O2/c30-15-10-22-6-8-23(9-7-22)19-28(20-31-26-18-25(26)24-4-2-1-3-5-24)13-16-32(17-14-28)21-29(11-12-29)27(33)34/h1-9,25-26,31H,10-14,16-21H2,(H,33,34)/t25-,26+/m0/s1. The maximum absolute atomic E-state index is 11.7. The van der Waals surface area contributed by atoms with Crippen LogP contribution in [0.25, 0.3) is 0 Å². The Kier molecular flexibility index (Phi) is 6.46. The minimum Gasteiger partial charge on any atom is -0.481 e. The van der Waals surface area contributed by atoms with Gasteiger partial charge in [0, 0.05) is 25.0 Å². The van der Waals surface area contributed by atoms with E-state index in [9.17, 15) is 9.90 Å². The summed E-state index contributed by atoms with van der Waals surface area (Å²) < 4.78 is 0. The number of carboxylic acid groups (broad SMARTS) is 1. The van der Waals surface area contributed by atoms with Crippen LogP contribution in [-0.2, 0) is 17.6 Å². The molecule has 2 saturated carbocycles. The Morgan fingerprint density at radius 1 is 1.03 bits per heavy atom. The van der Waals surface area contributed by atoms with Gasteiger partial charge in [-0.2, -0.15) is 5.26 Å². The van der Waals surface area contributed by atoms with Gasteiger partial charge in [-0.1, -0.05) is 54.6 Å². The van der Waals surface area contributed by atoms with Gasteiger partial charge in [-0.3, -0.25) is 4.79 Å². The number of carbonyl (C=O) groups is 1. The summed E-state index contributed by atoms with van der Waals surface area (Å²) in [7, 11) is 0. The van der Waals surface area contributed by atoms with E-state index in [2.05, 4.69) is 70.9 Å². The zero-order valence-corrected chi connectivity index (χ0v) is 19.9. The molecule has 0 radical (unpaired) electrons. The van der Waals surface area contributed by atoms with E-state index in [0.717, 1.165) is 57.3 Å². The number of benzene rings is 2. The first-order chi connectivity index (χ1) is 16.5. The zero-order chi connectivity index (χ0) is 23.6. The number of piperidine rings is 1. The van der Waals surface area contributed by atoms with E-state index in [0.29, 0.717) is 24.9 Å². The molecule has 178 valence electrons. The van der Waals surface area contributed by atoms with Gasteiger partial charge in [0.1, 0.15) is 0 Å². The van der Waals surface area contributed by atoms with Crippen LogP contribution in [0.15, 0.2) is 54.6 Å². The van der Waals surface area contributed by atoms with Crippen molar-refractivity contribution < 1.29 is 9.90 Å². The van der Waals surface area contributed by atoms with Crippen LogP contribution >= 0.6 is 0 Å². The third kappa shape index (κ3) is 5.19. The van der Waals surface area contributed by atoms with Crippen molar-refractivity contribution in [2.24, 2.45) is 10.8 Å². The Morgan fingerprint density at radius 2 is 1.71 bits per heavy atom. The number of hydrogen-bond acceptors (Lipinski definition) is 4. The van der Waals surface area contributed by atoms with E-state index in [4.69, 9.17) is 5.26 Å². The fourth-order valence-corrected chi connectivity index (χ4v) is 5.76. The largest absolute Gasteiger partial charge is 0.481 e. The Bertz CT molecular complexity index is 1030. The topological polar surface area (TPSA) is 76.4 Å². The van der Waals surface area contributed by atoms with Crippen molar-refractivity contribution in [2.75, 3.05) is 26.2 Å². The predicted molar refractivity (Wildman–Crippen MR) is 132 cm³/mol. The van der Waals surface area contributed by atoms with Gasteiger partial charge in [0.2, 0.25) is 0 Å². The first kappa shape index (κ1) is 23.1. The normalized spacial score (nSPS) is 24.8. The van der Waals surface area contributed by atoms with Gasteiger partial charge in [0.15, 0.2) is 0 Å². The van der Waals surface area contributed by atoms with Crippen molar-refractivity contribution in [3.63, 3.8) is 0 Å². The average Bonchev–Trinajstić information content (AvgIpc) is 3.78. The molecule has 0 unspecified atom stereocenters. The second-order valence-electron chi connectivity index (χ2n) is 10.9. The van der Waals surface area contributed by atoms with Crippen molar-refractivity contribution in [2.45, 2.75) is 56.9 Å². The molecule has 1 aliphatic heterocycles. The van der Waals surface area contributed by atoms with Gasteiger partial charge in [0.05, 0.1) is 17.9 Å². The molecule has 1 heterocycles. The highest BCUT2D eigenvalue weighted by Crippen LogP contribution is 2.48. The Hall–Kier alpha value is -2.68. The van der Waals surface area contributed by atoms with Crippen LogP contribution in [0.3, 0.4) is 0 Å². The highest BCUT2D eigenvalue weighted by Gasteiger charge is 2.52. The van der Waals surface area contributed by atoms with Crippen LogP contribution in [0, 0.1) is 22.2 Å². The SMILES string of the molecule is N#CCc1ccc(CC2(CN[C@@H]3C[C@H]3c3ccccc3)CCN(CC3(C(=O)O)CC3)CC2)cc1. The monoisotopic (exact) mass is 457 g/mol. The minimum absolute atomic E-state index is 0.178. The summed E-state index contributed by atoms with van der Waals surface area (Å²) in [6, 6.07) is 22.1. The zero-order valence-electron chi connectivity index (χ0n) is 19.9. The van der Waals surface area contributed by atoms with Crippen LogP contribution in [-0.4, -0.2) is 48.2 Å². The summed E-state index contributed by atoms with van der Waals surface area (Å²) in [4.78, 5) is 14.1. The fraction of sp³-hybridized carbons (Fsp3) is 0.517. The molecule has 5 heteroatoms. The van der Waals surface area contributed by atoms with Crippen LogP contribution in [0.4, 0.5) is 0 Å². The summed E-state index contributed by atoms with van der Waals surface area (Å²) in [5, 5.41) is 22.5. The van der Waals surface area contributed by atoms with E-state index >= 15 is 0 Å². The molecule has 0 bridgehead atoms. The van der Waals surface area contributed by atoms with Gasteiger partial charge in [0.25, 0.3) is 0 Å². The van der Waals surface area contributed by atoms with Crippen LogP contribution in [0.1, 0.15) is 54.7 Å². The molecule has 0 amide bonds. The predicted octanol–water partition coefficient (Wildman–Crippen LogP) is 4.39. The summed E-state index contributed by atoms with van der Waals surface area (Å²) in [5.74, 6) is -0.00181. The molecule has 2 aromatic rings. The molecule has 2 N–H and O–H groups in total. The number of nitriles is 1. The third-order valence-electron chi connectivity index (χ3n) is 8.39. The summed E-state index contributed by atoms with van der Waals surface area (Å²) >= 11 is 0. The fourth-order valence-electron chi connectivity index (χ4n) is 5.76. The quantitative estimate of drug-likeness (QED) is 0.553. The summed E-state index contributed by atoms with van der Waals surface area (Å²) in [6.45, 7) is 3.64. The van der Waals surface area contributed by atoms with Crippen molar-refractivity contribution in [3.05, 3.63) is 71.3 Å². The third-order valence-corrected chi connectivity index (χ3v) is 8.39. The molecule has 34 heavy (non-hydrogen) atoms. The van der Waals surface area contributed by atoms with Crippen molar-refractivity contribution in [1.82, 2.24) is 10.2 Å². The first-order valence-corrected chi connectivity index (χ1v) is 12.7. The number of nitrogens with zero attached hydrogens (tertiary/aromatic N) is 2. The van der Waals surface area contributed by atoms with Gasteiger partial charge >= 0.3 is 5.97 Å². The molecule has 0 spiro atoms. The minimum atomic E-state index is -0.621. The number of hydrogen-bond donors (Lipinski definition) is 2. The van der Waals surface area contributed by atoms with Crippen LogP contribution < -0.4 is 5.32 Å². The molecule has 0 aromatic heterocycles. The number of nitrogens with one attached hydrogen (secondary N) is 1. The lowest BCUT2D eigenvalue weighted by Gasteiger charge is -2.43. The Balaban J connectivity index is 1.23. The second-order valence-corrected chi connectivity index (χ2v) is 10.9. The number of carboxylic acids is 1. The van der Waals surface area contributed by atoms with Crippen LogP contribution in [0.2, 0.25) is 0 Å². The molecule has 2 aromatic carbocycles. The Morgan fingerprint density at radius 3 is 2.32 bits per heavy atom. The number of rotatable bonds is 10. The molecular formula is C29H35N3O2. The maximum Gasteiger partial charge on any atom is 0.310 e. The summed E-state index contributed by atoms with van der Waals surface area (Å²) in [5.41, 5.74) is 3.53. The lowest BCUT2D eigenvalue weighted by Crippen LogP contribution is -2.48. The van der Waals surface area contributed by atoms with Crippen LogP contribution in [0.5, 0.6) is 0 Å². The molecule has 3 aliphatic rings. The maximum atomic E-state index is 11.7. The molecule has 3 fully saturated rings. The van der Waals surface area contributed by atoms with Gasteiger partial charge in [-0.05, 0) is 73.7 Å². The smallest absolute Gasteiger partial charge is 0.310 e. The van der Waals surface area contributed by atoms with E-state index in [1.165, 1.54) is 17.5 Å². The van der Waals surface area contributed by atoms with Crippen molar-refractivity contribution in [3.8, 4) is 6.07 Å². The van der Waals surface area contributed by atoms with E-state index < -0.39 is 11.4 Å². The molecule has 5 nitrogen and oxygen atoms in total. The molecular weight excluding hydrogens is 422 g/mol. The molecule has 1 saturated heterocycles. The van der Waals surface area contributed by atoms with Crippen molar-refractivity contribution >= 4 is 5.97 Å². The van der Waals surface area contributed by atoms with Gasteiger partial charge in [-0.15, -0.1) is 0 Å². The average molecular weight is 458 g/mol. The van der Waals surface area contributed by atoms with Gasteiger partial charge in [-0.25, -0.2) is 0 Å². The van der Waals surface area contributed by atoms with Crippen molar-refractivity contribution in [1.29, 1.82) is 5.26 Å².